The number of rotatable bonds is 4. The number of aromatic nitrogens is 1. The molecule has 1 aromatic heterocycles. The summed E-state index contributed by atoms with van der Waals surface area (Å²) in [5.41, 5.74) is 0.728. The number of thiazole rings is 1. The Morgan fingerprint density at radius 3 is 2.77 bits per heavy atom. The van der Waals surface area contributed by atoms with E-state index < -0.39 is 6.10 Å². The molecule has 2 unspecified atom stereocenters. The molecule has 74 valence electrons. The van der Waals surface area contributed by atoms with Crippen molar-refractivity contribution in [1.82, 2.24) is 4.98 Å². The molecule has 1 heterocycles. The Hall–Kier alpha value is -0.450. The fourth-order valence-corrected chi connectivity index (χ4v) is 1.91. The maximum atomic E-state index is 9.25. The van der Waals surface area contributed by atoms with Crippen LogP contribution in [-0.4, -0.2) is 16.7 Å². The van der Waals surface area contributed by atoms with Crippen LogP contribution in [-0.2, 0) is 4.74 Å². The van der Waals surface area contributed by atoms with E-state index in [1.165, 1.54) is 11.3 Å². The van der Waals surface area contributed by atoms with Crippen LogP contribution in [0, 0.1) is 0 Å². The zero-order valence-electron chi connectivity index (χ0n) is 8.15. The number of ether oxygens (including phenoxy) is 1. The van der Waals surface area contributed by atoms with Gasteiger partial charge in [-0.05, 0) is 20.8 Å². The molecule has 13 heavy (non-hydrogen) atoms. The van der Waals surface area contributed by atoms with E-state index >= 15 is 0 Å². The molecular formula is C9H15NO2S. The van der Waals surface area contributed by atoms with Gasteiger partial charge in [0.25, 0.3) is 0 Å². The van der Waals surface area contributed by atoms with Gasteiger partial charge in [0.05, 0.1) is 11.8 Å². The quantitative estimate of drug-likeness (QED) is 0.812. The van der Waals surface area contributed by atoms with Crippen LogP contribution in [0.1, 0.15) is 43.7 Å². The van der Waals surface area contributed by atoms with Gasteiger partial charge in [-0.25, -0.2) is 4.98 Å². The van der Waals surface area contributed by atoms with Crippen LogP contribution < -0.4 is 0 Å². The van der Waals surface area contributed by atoms with Crippen LogP contribution in [0.3, 0.4) is 0 Å². The first kappa shape index (κ1) is 10.6. The third-order valence-corrected chi connectivity index (χ3v) is 2.76. The molecule has 0 aromatic carbocycles. The minimum absolute atomic E-state index is 0.0301. The lowest BCUT2D eigenvalue weighted by atomic mass is 10.3. The number of nitrogens with zero attached hydrogens (tertiary/aromatic N) is 1. The second-order valence-corrected chi connectivity index (χ2v) is 3.77. The first-order valence-electron chi connectivity index (χ1n) is 4.40. The van der Waals surface area contributed by atoms with Gasteiger partial charge in [-0.1, -0.05) is 0 Å². The highest BCUT2D eigenvalue weighted by atomic mass is 32.1. The maximum Gasteiger partial charge on any atom is 0.122 e. The van der Waals surface area contributed by atoms with Crippen molar-refractivity contribution in [2.45, 2.75) is 33.0 Å². The standard InChI is InChI=1S/C9H15NO2S/c1-4-12-7(3)9-10-8(5-13-9)6(2)11/h5-7,11H,4H2,1-3H3. The Kier molecular flexibility index (Phi) is 3.84. The molecule has 0 fully saturated rings. The molecule has 0 spiro atoms. The summed E-state index contributed by atoms with van der Waals surface area (Å²) < 4.78 is 5.39. The largest absolute Gasteiger partial charge is 0.387 e. The van der Waals surface area contributed by atoms with E-state index in [9.17, 15) is 5.11 Å². The van der Waals surface area contributed by atoms with Gasteiger partial charge in [-0.3, -0.25) is 0 Å². The van der Waals surface area contributed by atoms with E-state index in [-0.39, 0.29) is 6.10 Å². The van der Waals surface area contributed by atoms with E-state index in [4.69, 9.17) is 4.74 Å². The summed E-state index contributed by atoms with van der Waals surface area (Å²) in [5, 5.41) is 12.1. The Balaban J connectivity index is 2.67. The van der Waals surface area contributed by atoms with Crippen LogP contribution in [0.4, 0.5) is 0 Å². The molecule has 0 aliphatic rings. The third kappa shape index (κ3) is 2.76. The Morgan fingerprint density at radius 2 is 2.31 bits per heavy atom. The van der Waals surface area contributed by atoms with E-state index in [1.807, 2.05) is 19.2 Å². The highest BCUT2D eigenvalue weighted by Crippen LogP contribution is 2.23. The van der Waals surface area contributed by atoms with Gasteiger partial charge < -0.3 is 9.84 Å². The third-order valence-electron chi connectivity index (χ3n) is 1.73. The van der Waals surface area contributed by atoms with Crippen molar-refractivity contribution < 1.29 is 9.84 Å². The predicted molar refractivity (Wildman–Crippen MR) is 52.8 cm³/mol. The average Bonchev–Trinajstić information content (AvgIpc) is 2.52. The number of hydrogen-bond donors (Lipinski definition) is 1. The Morgan fingerprint density at radius 1 is 1.62 bits per heavy atom. The zero-order chi connectivity index (χ0) is 9.84. The second kappa shape index (κ2) is 4.69. The van der Waals surface area contributed by atoms with Crippen LogP contribution in [0.15, 0.2) is 5.38 Å². The Bertz CT molecular complexity index is 260. The molecule has 1 aromatic rings. The molecule has 3 nitrogen and oxygen atoms in total. The predicted octanol–water partition coefficient (Wildman–Crippen LogP) is 2.29. The van der Waals surface area contributed by atoms with Crippen LogP contribution in [0.25, 0.3) is 0 Å². The highest BCUT2D eigenvalue weighted by Gasteiger charge is 2.12. The molecule has 0 aliphatic heterocycles. The monoisotopic (exact) mass is 201 g/mol. The molecule has 0 aliphatic carbocycles. The van der Waals surface area contributed by atoms with Gasteiger partial charge in [0.15, 0.2) is 0 Å². The topological polar surface area (TPSA) is 42.4 Å². The molecule has 0 saturated heterocycles. The smallest absolute Gasteiger partial charge is 0.122 e. The van der Waals surface area contributed by atoms with E-state index in [2.05, 4.69) is 4.98 Å². The van der Waals surface area contributed by atoms with Gasteiger partial charge in [-0.15, -0.1) is 11.3 Å². The lowest BCUT2D eigenvalue weighted by Gasteiger charge is -2.07. The second-order valence-electron chi connectivity index (χ2n) is 2.88. The molecule has 0 saturated carbocycles. The first-order chi connectivity index (χ1) is 6.15. The molecule has 1 rings (SSSR count). The summed E-state index contributed by atoms with van der Waals surface area (Å²) >= 11 is 1.53. The van der Waals surface area contributed by atoms with Crippen molar-refractivity contribution in [1.29, 1.82) is 0 Å². The van der Waals surface area contributed by atoms with Crippen molar-refractivity contribution in [2.75, 3.05) is 6.61 Å². The van der Waals surface area contributed by atoms with Crippen molar-refractivity contribution in [3.05, 3.63) is 16.1 Å². The molecule has 2 atom stereocenters. The van der Waals surface area contributed by atoms with Gasteiger partial charge in [0.1, 0.15) is 11.1 Å². The summed E-state index contributed by atoms with van der Waals surface area (Å²) in [7, 11) is 0. The minimum Gasteiger partial charge on any atom is -0.387 e. The zero-order valence-corrected chi connectivity index (χ0v) is 8.97. The van der Waals surface area contributed by atoms with E-state index in [0.717, 1.165) is 10.7 Å². The lowest BCUT2D eigenvalue weighted by Crippen LogP contribution is -2.00. The van der Waals surface area contributed by atoms with Gasteiger partial charge >= 0.3 is 0 Å². The number of hydrogen-bond acceptors (Lipinski definition) is 4. The van der Waals surface area contributed by atoms with Crippen molar-refractivity contribution in [3.8, 4) is 0 Å². The molecule has 4 heteroatoms. The summed E-state index contributed by atoms with van der Waals surface area (Å²) in [6.07, 6.45) is -0.457. The fourth-order valence-electron chi connectivity index (χ4n) is 1.00. The molecule has 0 amide bonds. The van der Waals surface area contributed by atoms with Gasteiger partial charge in [0.2, 0.25) is 0 Å². The minimum atomic E-state index is -0.487. The number of aliphatic hydroxyl groups excluding tert-OH is 1. The van der Waals surface area contributed by atoms with E-state index in [1.54, 1.807) is 6.92 Å². The molecule has 0 radical (unpaired) electrons. The molecule has 1 N–H and O–H groups in total. The first-order valence-corrected chi connectivity index (χ1v) is 5.28. The summed E-state index contributed by atoms with van der Waals surface area (Å²) in [6, 6.07) is 0. The normalized spacial score (nSPS) is 15.7. The average molecular weight is 201 g/mol. The van der Waals surface area contributed by atoms with Crippen molar-refractivity contribution in [2.24, 2.45) is 0 Å². The maximum absolute atomic E-state index is 9.25. The number of aliphatic hydroxyl groups is 1. The Labute approximate surface area is 82.4 Å². The van der Waals surface area contributed by atoms with E-state index in [0.29, 0.717) is 6.61 Å². The fraction of sp³-hybridized carbons (Fsp3) is 0.667. The molecular weight excluding hydrogens is 186 g/mol. The van der Waals surface area contributed by atoms with Crippen LogP contribution in [0.2, 0.25) is 0 Å². The SMILES string of the molecule is CCOC(C)c1nc(C(C)O)cs1. The van der Waals surface area contributed by atoms with Crippen molar-refractivity contribution in [3.63, 3.8) is 0 Å². The van der Waals surface area contributed by atoms with Crippen molar-refractivity contribution >= 4 is 11.3 Å². The molecule has 0 bridgehead atoms. The lowest BCUT2D eigenvalue weighted by molar-refractivity contribution is 0.0757. The summed E-state index contributed by atoms with van der Waals surface area (Å²) in [4.78, 5) is 4.27. The highest BCUT2D eigenvalue weighted by molar-refractivity contribution is 7.09. The van der Waals surface area contributed by atoms with Gasteiger partial charge in [-0.2, -0.15) is 0 Å². The van der Waals surface area contributed by atoms with Crippen LogP contribution >= 0.6 is 11.3 Å². The van der Waals surface area contributed by atoms with Crippen LogP contribution in [0.5, 0.6) is 0 Å². The summed E-state index contributed by atoms with van der Waals surface area (Å²) in [5.74, 6) is 0. The van der Waals surface area contributed by atoms with Gasteiger partial charge in [0, 0.05) is 12.0 Å². The summed E-state index contributed by atoms with van der Waals surface area (Å²) in [6.45, 7) is 6.32.